The SMILES string of the molecule is O=C(O)CC=Cc1cccc2cccc(Cl)c12. The lowest BCUT2D eigenvalue weighted by molar-refractivity contribution is -0.135. The minimum absolute atomic E-state index is 0.0147. The highest BCUT2D eigenvalue weighted by Gasteiger charge is 2.02. The van der Waals surface area contributed by atoms with Crippen molar-refractivity contribution >= 4 is 34.4 Å². The van der Waals surface area contributed by atoms with Crippen molar-refractivity contribution < 1.29 is 9.90 Å². The summed E-state index contributed by atoms with van der Waals surface area (Å²) < 4.78 is 0. The van der Waals surface area contributed by atoms with Crippen LogP contribution in [0.3, 0.4) is 0 Å². The molecule has 1 N–H and O–H groups in total. The van der Waals surface area contributed by atoms with Gasteiger partial charge in [0.15, 0.2) is 0 Å². The lowest BCUT2D eigenvalue weighted by Gasteiger charge is -2.04. The third-order valence-corrected chi connectivity index (χ3v) is 2.79. The monoisotopic (exact) mass is 246 g/mol. The van der Waals surface area contributed by atoms with E-state index in [9.17, 15) is 4.79 Å². The van der Waals surface area contributed by atoms with Gasteiger partial charge < -0.3 is 5.11 Å². The van der Waals surface area contributed by atoms with Crippen molar-refractivity contribution in [1.82, 2.24) is 0 Å². The van der Waals surface area contributed by atoms with Crippen molar-refractivity contribution in [3.8, 4) is 0 Å². The largest absolute Gasteiger partial charge is 0.481 e. The molecule has 0 aromatic heterocycles. The lowest BCUT2D eigenvalue weighted by atomic mass is 10.0. The average molecular weight is 247 g/mol. The molecule has 2 aromatic rings. The molecule has 0 amide bonds. The van der Waals surface area contributed by atoms with Gasteiger partial charge in [-0.15, -0.1) is 0 Å². The van der Waals surface area contributed by atoms with Gasteiger partial charge in [0.2, 0.25) is 0 Å². The first kappa shape index (κ1) is 11.7. The summed E-state index contributed by atoms with van der Waals surface area (Å²) in [5.41, 5.74) is 0.939. The van der Waals surface area contributed by atoms with Gasteiger partial charge in [-0.3, -0.25) is 4.79 Å². The number of fused-ring (bicyclic) bond motifs is 1. The van der Waals surface area contributed by atoms with Gasteiger partial charge in [-0.05, 0) is 17.0 Å². The molecular weight excluding hydrogens is 236 g/mol. The molecule has 0 unspecified atom stereocenters. The predicted molar refractivity (Wildman–Crippen MR) is 70.2 cm³/mol. The van der Waals surface area contributed by atoms with Crippen LogP contribution in [0.4, 0.5) is 0 Å². The molecule has 86 valence electrons. The van der Waals surface area contributed by atoms with Crippen molar-refractivity contribution in [3.05, 3.63) is 53.1 Å². The van der Waals surface area contributed by atoms with Crippen LogP contribution < -0.4 is 0 Å². The highest BCUT2D eigenvalue weighted by Crippen LogP contribution is 2.27. The van der Waals surface area contributed by atoms with E-state index in [0.29, 0.717) is 5.02 Å². The van der Waals surface area contributed by atoms with E-state index < -0.39 is 5.97 Å². The minimum Gasteiger partial charge on any atom is -0.481 e. The predicted octanol–water partition coefficient (Wildman–Crippen LogP) is 3.98. The molecule has 0 radical (unpaired) electrons. The average Bonchev–Trinajstić information content (AvgIpc) is 2.29. The van der Waals surface area contributed by atoms with Gasteiger partial charge in [0.25, 0.3) is 0 Å². The van der Waals surface area contributed by atoms with Crippen LogP contribution in [-0.4, -0.2) is 11.1 Å². The van der Waals surface area contributed by atoms with E-state index in [2.05, 4.69) is 0 Å². The Morgan fingerprint density at radius 3 is 2.65 bits per heavy atom. The Bertz CT molecular complexity index is 583. The van der Waals surface area contributed by atoms with Gasteiger partial charge in [-0.1, -0.05) is 54.1 Å². The molecule has 0 spiro atoms. The molecule has 3 heteroatoms. The van der Waals surface area contributed by atoms with Gasteiger partial charge in [0, 0.05) is 10.4 Å². The summed E-state index contributed by atoms with van der Waals surface area (Å²) in [7, 11) is 0. The molecule has 0 fully saturated rings. The topological polar surface area (TPSA) is 37.3 Å². The highest BCUT2D eigenvalue weighted by molar-refractivity contribution is 6.36. The molecular formula is C14H11ClO2. The quantitative estimate of drug-likeness (QED) is 0.889. The Balaban J connectivity index is 2.47. The third-order valence-electron chi connectivity index (χ3n) is 2.48. The highest BCUT2D eigenvalue weighted by atomic mass is 35.5. The van der Waals surface area contributed by atoms with Crippen LogP contribution in [-0.2, 0) is 4.79 Å². The number of carbonyl (C=O) groups is 1. The summed E-state index contributed by atoms with van der Waals surface area (Å²) in [5.74, 6) is -0.840. The van der Waals surface area contributed by atoms with Gasteiger partial charge >= 0.3 is 5.97 Å². The number of rotatable bonds is 3. The van der Waals surface area contributed by atoms with Crippen LogP contribution in [0.5, 0.6) is 0 Å². The van der Waals surface area contributed by atoms with E-state index >= 15 is 0 Å². The summed E-state index contributed by atoms with van der Waals surface area (Å²) in [4.78, 5) is 10.4. The zero-order chi connectivity index (χ0) is 12.3. The first-order valence-electron chi connectivity index (χ1n) is 5.24. The van der Waals surface area contributed by atoms with E-state index in [1.807, 2.05) is 36.4 Å². The number of hydrogen-bond acceptors (Lipinski definition) is 1. The maximum atomic E-state index is 10.4. The van der Waals surface area contributed by atoms with E-state index in [1.165, 1.54) is 0 Å². The second kappa shape index (κ2) is 5.02. The molecule has 0 aliphatic rings. The van der Waals surface area contributed by atoms with Gasteiger partial charge in [-0.25, -0.2) is 0 Å². The summed E-state index contributed by atoms with van der Waals surface area (Å²) >= 11 is 6.15. The third kappa shape index (κ3) is 2.66. The van der Waals surface area contributed by atoms with Crippen LogP contribution in [0.25, 0.3) is 16.8 Å². The molecule has 0 saturated carbocycles. The van der Waals surface area contributed by atoms with Crippen molar-refractivity contribution in [3.63, 3.8) is 0 Å². The normalized spacial score (nSPS) is 11.1. The van der Waals surface area contributed by atoms with Crippen LogP contribution in [0.2, 0.25) is 5.02 Å². The van der Waals surface area contributed by atoms with Crippen molar-refractivity contribution in [1.29, 1.82) is 0 Å². The number of halogens is 1. The molecule has 2 rings (SSSR count). The smallest absolute Gasteiger partial charge is 0.307 e. The maximum Gasteiger partial charge on any atom is 0.307 e. The van der Waals surface area contributed by atoms with Crippen LogP contribution in [0.15, 0.2) is 42.5 Å². The maximum absolute atomic E-state index is 10.4. The molecule has 0 heterocycles. The molecule has 2 aromatic carbocycles. The number of aliphatic carboxylic acids is 1. The van der Waals surface area contributed by atoms with Crippen LogP contribution >= 0.6 is 11.6 Å². The molecule has 0 saturated heterocycles. The van der Waals surface area contributed by atoms with Gasteiger partial charge in [0.1, 0.15) is 0 Å². The second-order valence-electron chi connectivity index (χ2n) is 3.69. The molecule has 0 aliphatic heterocycles. The van der Waals surface area contributed by atoms with Crippen LogP contribution in [0, 0.1) is 0 Å². The van der Waals surface area contributed by atoms with Gasteiger partial charge in [0.05, 0.1) is 6.42 Å². The Kier molecular flexibility index (Phi) is 3.45. The Morgan fingerprint density at radius 1 is 1.24 bits per heavy atom. The first-order chi connectivity index (χ1) is 8.18. The van der Waals surface area contributed by atoms with E-state index in [1.54, 1.807) is 12.2 Å². The Labute approximate surface area is 104 Å². The molecule has 0 atom stereocenters. The lowest BCUT2D eigenvalue weighted by Crippen LogP contribution is -1.89. The second-order valence-corrected chi connectivity index (χ2v) is 4.09. The van der Waals surface area contributed by atoms with Crippen molar-refractivity contribution in [2.45, 2.75) is 6.42 Å². The fraction of sp³-hybridized carbons (Fsp3) is 0.0714. The van der Waals surface area contributed by atoms with Crippen molar-refractivity contribution in [2.75, 3.05) is 0 Å². The number of carboxylic acids is 1. The zero-order valence-corrected chi connectivity index (χ0v) is 9.82. The van der Waals surface area contributed by atoms with Crippen LogP contribution in [0.1, 0.15) is 12.0 Å². The molecule has 2 nitrogen and oxygen atoms in total. The number of carboxylic acid groups (broad SMARTS) is 1. The minimum atomic E-state index is -0.840. The van der Waals surface area contributed by atoms with E-state index in [-0.39, 0.29) is 6.42 Å². The van der Waals surface area contributed by atoms with E-state index in [4.69, 9.17) is 16.7 Å². The van der Waals surface area contributed by atoms with Gasteiger partial charge in [-0.2, -0.15) is 0 Å². The molecule has 0 bridgehead atoms. The Hall–Kier alpha value is -1.80. The molecule has 0 aliphatic carbocycles. The summed E-state index contributed by atoms with van der Waals surface area (Å²) in [6.45, 7) is 0. The zero-order valence-electron chi connectivity index (χ0n) is 9.06. The standard InChI is InChI=1S/C14H11ClO2/c15-12-8-2-6-10-4-1-5-11(14(10)12)7-3-9-13(16)17/h1-8H,9H2,(H,16,17). The van der Waals surface area contributed by atoms with Crippen molar-refractivity contribution in [2.24, 2.45) is 0 Å². The fourth-order valence-electron chi connectivity index (χ4n) is 1.75. The number of hydrogen-bond donors (Lipinski definition) is 1. The summed E-state index contributed by atoms with van der Waals surface area (Å²) in [6.07, 6.45) is 3.43. The molecule has 17 heavy (non-hydrogen) atoms. The first-order valence-corrected chi connectivity index (χ1v) is 5.62. The summed E-state index contributed by atoms with van der Waals surface area (Å²) in [6, 6.07) is 11.5. The summed E-state index contributed by atoms with van der Waals surface area (Å²) in [5, 5.41) is 11.3. The number of benzene rings is 2. The van der Waals surface area contributed by atoms with E-state index in [0.717, 1.165) is 16.3 Å². The fourth-order valence-corrected chi connectivity index (χ4v) is 2.04. The Morgan fingerprint density at radius 2 is 1.94 bits per heavy atom.